The number of benzene rings is 1. The van der Waals surface area contributed by atoms with Crippen molar-refractivity contribution in [1.82, 2.24) is 0 Å². The van der Waals surface area contributed by atoms with Crippen LogP contribution in [0.4, 0.5) is 5.69 Å². The highest BCUT2D eigenvalue weighted by atomic mass is 33.1. The average Bonchev–Trinajstić information content (AvgIpc) is 2.06. The molecule has 0 aromatic heterocycles. The summed E-state index contributed by atoms with van der Waals surface area (Å²) in [4.78, 5) is 11.0. The van der Waals surface area contributed by atoms with E-state index >= 15 is 0 Å². The molecule has 1 rings (SSSR count). The number of anilines is 1. The van der Waals surface area contributed by atoms with Crippen LogP contribution in [0.1, 0.15) is 0 Å². The van der Waals surface area contributed by atoms with Crippen LogP contribution in [-0.4, -0.2) is 11.7 Å². The predicted molar refractivity (Wildman–Crippen MR) is 56.5 cm³/mol. The lowest BCUT2D eigenvalue weighted by molar-refractivity contribution is -0.113. The van der Waals surface area contributed by atoms with Crippen molar-refractivity contribution in [3.63, 3.8) is 0 Å². The molecule has 0 aliphatic carbocycles. The van der Waals surface area contributed by atoms with Crippen molar-refractivity contribution in [1.29, 1.82) is 0 Å². The minimum atomic E-state index is -0.0267. The number of hydrogen-bond acceptors (Lipinski definition) is 3. The van der Waals surface area contributed by atoms with E-state index in [2.05, 4.69) is 17.0 Å². The Bertz CT molecular complexity index is 250. The van der Waals surface area contributed by atoms with Crippen LogP contribution in [-0.2, 0) is 4.79 Å². The summed E-state index contributed by atoms with van der Waals surface area (Å²) in [5.74, 6) is 0.346. The molecule has 0 bridgehead atoms. The zero-order valence-electron chi connectivity index (χ0n) is 6.36. The Morgan fingerprint density at radius 1 is 1.42 bits per heavy atom. The number of carbonyl (C=O) groups is 1. The van der Waals surface area contributed by atoms with Crippen LogP contribution in [0.2, 0.25) is 0 Å². The van der Waals surface area contributed by atoms with Gasteiger partial charge in [0.05, 0.1) is 5.75 Å². The number of rotatable bonds is 3. The third kappa shape index (κ3) is 3.19. The van der Waals surface area contributed by atoms with E-state index in [0.29, 0.717) is 5.75 Å². The van der Waals surface area contributed by atoms with Crippen molar-refractivity contribution >= 4 is 34.0 Å². The van der Waals surface area contributed by atoms with Gasteiger partial charge in [-0.15, -0.1) is 11.7 Å². The molecule has 0 atom stereocenters. The lowest BCUT2D eigenvalue weighted by Gasteiger charge is -2.01. The summed E-state index contributed by atoms with van der Waals surface area (Å²) in [7, 11) is 1.21. The molecule has 0 heterocycles. The van der Waals surface area contributed by atoms with Crippen molar-refractivity contribution in [3.8, 4) is 0 Å². The summed E-state index contributed by atoms with van der Waals surface area (Å²) in [6, 6.07) is 9.36. The number of para-hydroxylation sites is 1. The summed E-state index contributed by atoms with van der Waals surface area (Å²) in [6.45, 7) is 0. The predicted octanol–water partition coefficient (Wildman–Crippen LogP) is 2.20. The molecule has 64 valence electrons. The molecule has 1 N–H and O–H groups in total. The fraction of sp³-hybridized carbons (Fsp3) is 0.125. The number of nitrogens with one attached hydrogen (secondary N) is 1. The first-order chi connectivity index (χ1) is 5.83. The highest BCUT2D eigenvalue weighted by Crippen LogP contribution is 2.08. The van der Waals surface area contributed by atoms with Gasteiger partial charge in [-0.05, 0) is 12.1 Å². The Morgan fingerprint density at radius 2 is 2.08 bits per heavy atom. The van der Waals surface area contributed by atoms with Crippen LogP contribution in [0.5, 0.6) is 0 Å². The van der Waals surface area contributed by atoms with Gasteiger partial charge in [-0.25, -0.2) is 0 Å². The second-order valence-corrected chi connectivity index (χ2v) is 3.51. The van der Waals surface area contributed by atoms with Crippen molar-refractivity contribution in [3.05, 3.63) is 30.3 Å². The molecule has 12 heavy (non-hydrogen) atoms. The van der Waals surface area contributed by atoms with Gasteiger partial charge < -0.3 is 5.32 Å². The van der Waals surface area contributed by atoms with Crippen molar-refractivity contribution in [2.24, 2.45) is 0 Å². The van der Waals surface area contributed by atoms with Gasteiger partial charge in [-0.1, -0.05) is 29.0 Å². The molecule has 1 aromatic rings. The minimum absolute atomic E-state index is 0.0267. The topological polar surface area (TPSA) is 29.1 Å². The fourth-order valence-corrected chi connectivity index (χ4v) is 1.32. The van der Waals surface area contributed by atoms with E-state index in [1.54, 1.807) is 0 Å². The van der Waals surface area contributed by atoms with Crippen LogP contribution in [0, 0.1) is 0 Å². The molecule has 1 aromatic carbocycles. The minimum Gasteiger partial charge on any atom is -0.325 e. The molecule has 0 spiro atoms. The first-order valence-corrected chi connectivity index (χ1v) is 5.48. The van der Waals surface area contributed by atoms with Gasteiger partial charge in [0.25, 0.3) is 0 Å². The highest BCUT2D eigenvalue weighted by molar-refractivity contribution is 8.68. The Balaban J connectivity index is 2.47. The Labute approximate surface area is 80.6 Å². The number of amides is 1. The highest BCUT2D eigenvalue weighted by Gasteiger charge is 1.98. The molecule has 0 aliphatic rings. The molecule has 2 nitrogen and oxygen atoms in total. The van der Waals surface area contributed by atoms with Crippen LogP contribution in [0.3, 0.4) is 0 Å². The number of thiol groups is 1. The molecule has 0 saturated heterocycles. The summed E-state index contributed by atoms with van der Waals surface area (Å²) < 4.78 is 0. The van der Waals surface area contributed by atoms with Crippen LogP contribution in [0.15, 0.2) is 30.3 Å². The largest absolute Gasteiger partial charge is 0.325 e. The van der Waals surface area contributed by atoms with Gasteiger partial charge in [0, 0.05) is 5.69 Å². The van der Waals surface area contributed by atoms with Crippen molar-refractivity contribution < 1.29 is 4.79 Å². The Morgan fingerprint density at radius 3 is 2.67 bits per heavy atom. The number of hydrogen-bond donors (Lipinski definition) is 2. The second kappa shape index (κ2) is 5.11. The van der Waals surface area contributed by atoms with E-state index < -0.39 is 0 Å². The van der Waals surface area contributed by atoms with E-state index in [0.717, 1.165) is 5.69 Å². The van der Waals surface area contributed by atoms with Gasteiger partial charge in [0.1, 0.15) is 0 Å². The van der Waals surface area contributed by atoms with Crippen molar-refractivity contribution in [2.75, 3.05) is 11.1 Å². The zero-order chi connectivity index (χ0) is 8.81. The molecule has 0 radical (unpaired) electrons. The SMILES string of the molecule is O=C(CSS)Nc1ccccc1. The molecular weight excluding hydrogens is 190 g/mol. The third-order valence-corrected chi connectivity index (χ3v) is 2.03. The van der Waals surface area contributed by atoms with E-state index in [9.17, 15) is 4.79 Å². The van der Waals surface area contributed by atoms with Crippen LogP contribution in [0.25, 0.3) is 0 Å². The summed E-state index contributed by atoms with van der Waals surface area (Å²) in [5, 5.41) is 2.73. The maximum Gasteiger partial charge on any atom is 0.235 e. The summed E-state index contributed by atoms with van der Waals surface area (Å²) in [6.07, 6.45) is 0. The molecular formula is C8H9NOS2. The van der Waals surface area contributed by atoms with E-state index in [1.807, 2.05) is 30.3 Å². The van der Waals surface area contributed by atoms with Crippen LogP contribution < -0.4 is 5.32 Å². The molecule has 0 aliphatic heterocycles. The standard InChI is InChI=1S/C8H9NOS2/c10-8(6-12-11)9-7-4-2-1-3-5-7/h1-5,11H,6H2,(H,9,10). The van der Waals surface area contributed by atoms with E-state index in [4.69, 9.17) is 0 Å². The summed E-state index contributed by atoms with van der Waals surface area (Å²) >= 11 is 3.88. The monoisotopic (exact) mass is 199 g/mol. The smallest absolute Gasteiger partial charge is 0.235 e. The first-order valence-electron chi connectivity index (χ1n) is 3.44. The third-order valence-electron chi connectivity index (χ3n) is 1.25. The molecule has 4 heteroatoms. The molecule has 1 amide bonds. The zero-order valence-corrected chi connectivity index (χ0v) is 8.07. The number of carbonyl (C=O) groups excluding carboxylic acids is 1. The maximum atomic E-state index is 11.0. The Kier molecular flexibility index (Phi) is 4.04. The molecule has 0 saturated carbocycles. The van der Waals surface area contributed by atoms with Gasteiger partial charge in [-0.3, -0.25) is 4.79 Å². The van der Waals surface area contributed by atoms with Gasteiger partial charge in [-0.2, -0.15) is 0 Å². The average molecular weight is 199 g/mol. The lowest BCUT2D eigenvalue weighted by Crippen LogP contribution is -2.12. The maximum absolute atomic E-state index is 11.0. The lowest BCUT2D eigenvalue weighted by atomic mass is 10.3. The van der Waals surface area contributed by atoms with Gasteiger partial charge in [0.15, 0.2) is 0 Å². The quantitative estimate of drug-likeness (QED) is 0.577. The van der Waals surface area contributed by atoms with E-state index in [1.165, 1.54) is 10.8 Å². The van der Waals surface area contributed by atoms with Crippen LogP contribution >= 0.6 is 22.5 Å². The van der Waals surface area contributed by atoms with Gasteiger partial charge in [0.2, 0.25) is 5.91 Å². The Hall–Kier alpha value is -0.610. The normalized spacial score (nSPS) is 9.42. The van der Waals surface area contributed by atoms with E-state index in [-0.39, 0.29) is 5.91 Å². The van der Waals surface area contributed by atoms with Crippen molar-refractivity contribution in [2.45, 2.75) is 0 Å². The molecule has 0 unspecified atom stereocenters. The fourth-order valence-electron chi connectivity index (χ4n) is 0.777. The first kappa shape index (κ1) is 9.48. The second-order valence-electron chi connectivity index (χ2n) is 2.19. The van der Waals surface area contributed by atoms with Gasteiger partial charge >= 0.3 is 0 Å². The molecule has 0 fully saturated rings. The summed E-state index contributed by atoms with van der Waals surface area (Å²) in [5.41, 5.74) is 0.824.